The Bertz CT molecular complexity index is 1060. The Morgan fingerprint density at radius 3 is 2.67 bits per heavy atom. The van der Waals surface area contributed by atoms with Crippen molar-refractivity contribution in [2.75, 3.05) is 0 Å². The van der Waals surface area contributed by atoms with E-state index in [0.29, 0.717) is 6.61 Å². The summed E-state index contributed by atoms with van der Waals surface area (Å²) in [6.45, 7) is 0.300. The molecule has 2 aromatic heterocycles. The summed E-state index contributed by atoms with van der Waals surface area (Å²) in [4.78, 5) is 17.0. The first kappa shape index (κ1) is 10.9. The quantitative estimate of drug-likeness (QED) is 0.489. The van der Waals surface area contributed by atoms with Crippen LogP contribution in [0.15, 0.2) is 48.5 Å². The van der Waals surface area contributed by atoms with E-state index in [4.69, 9.17) is 9.72 Å². The zero-order valence-corrected chi connectivity index (χ0v) is 11.0. The summed E-state index contributed by atoms with van der Waals surface area (Å²) in [7, 11) is 0. The van der Waals surface area contributed by atoms with Crippen LogP contribution < -0.4 is 0 Å². The first-order valence-corrected chi connectivity index (χ1v) is 6.82. The Morgan fingerprint density at radius 2 is 1.76 bits per heavy atom. The smallest absolute Gasteiger partial charge is 0.419 e. The lowest BCUT2D eigenvalue weighted by Crippen LogP contribution is -2.19. The standard InChI is InChI=1S/C17H10N2O2/c20-17-19-14-8-4-2-6-11(14)15-16(19)12(9-21-17)10-5-1-3-7-13(10)18-15/h1-8H,9H2. The lowest BCUT2D eigenvalue weighted by molar-refractivity contribution is 0.140. The monoisotopic (exact) mass is 274 g/mol. The molecule has 0 fully saturated rings. The Balaban J connectivity index is 2.17. The predicted molar refractivity (Wildman–Crippen MR) is 80.3 cm³/mol. The average molecular weight is 274 g/mol. The van der Waals surface area contributed by atoms with Crippen molar-refractivity contribution in [2.45, 2.75) is 6.61 Å². The van der Waals surface area contributed by atoms with Gasteiger partial charge in [-0.2, -0.15) is 0 Å². The van der Waals surface area contributed by atoms with Gasteiger partial charge in [-0.15, -0.1) is 0 Å². The Hall–Kier alpha value is -2.88. The number of benzene rings is 2. The van der Waals surface area contributed by atoms with E-state index in [1.807, 2.05) is 48.5 Å². The molecule has 0 spiro atoms. The van der Waals surface area contributed by atoms with Crippen molar-refractivity contribution in [1.29, 1.82) is 0 Å². The van der Waals surface area contributed by atoms with Crippen LogP contribution in [0.25, 0.3) is 32.8 Å². The van der Waals surface area contributed by atoms with E-state index in [9.17, 15) is 4.79 Å². The number of pyridine rings is 1. The van der Waals surface area contributed by atoms with Crippen molar-refractivity contribution in [3.63, 3.8) is 0 Å². The minimum Gasteiger partial charge on any atom is -0.444 e. The summed E-state index contributed by atoms with van der Waals surface area (Å²) in [6.07, 6.45) is -0.328. The number of fused-ring (bicyclic) bond motifs is 5. The van der Waals surface area contributed by atoms with Crippen LogP contribution in [0, 0.1) is 0 Å². The SMILES string of the molecule is O=C1OCc2c3ccccc3nc3c4ccccc4n1c23. The number of cyclic esters (lactones) is 1. The second-order valence-corrected chi connectivity index (χ2v) is 5.21. The second kappa shape index (κ2) is 3.61. The fraction of sp³-hybridized carbons (Fsp3) is 0.0588. The van der Waals surface area contributed by atoms with Crippen molar-refractivity contribution in [2.24, 2.45) is 0 Å². The maximum atomic E-state index is 12.2. The molecule has 3 heterocycles. The second-order valence-electron chi connectivity index (χ2n) is 5.21. The van der Waals surface area contributed by atoms with Gasteiger partial charge in [0.1, 0.15) is 6.61 Å². The van der Waals surface area contributed by atoms with Gasteiger partial charge in [-0.25, -0.2) is 14.3 Å². The molecule has 0 amide bonds. The highest BCUT2D eigenvalue weighted by Crippen LogP contribution is 2.36. The van der Waals surface area contributed by atoms with E-state index >= 15 is 0 Å². The largest absolute Gasteiger partial charge is 0.444 e. The highest BCUT2D eigenvalue weighted by atomic mass is 16.6. The van der Waals surface area contributed by atoms with E-state index in [0.717, 1.165) is 38.4 Å². The van der Waals surface area contributed by atoms with Crippen molar-refractivity contribution in [3.05, 3.63) is 54.1 Å². The zero-order valence-electron chi connectivity index (χ0n) is 11.0. The minimum atomic E-state index is -0.328. The maximum Gasteiger partial charge on any atom is 0.419 e. The molecule has 0 bridgehead atoms. The third-order valence-electron chi connectivity index (χ3n) is 4.12. The summed E-state index contributed by atoms with van der Waals surface area (Å²) in [5.74, 6) is 0. The van der Waals surface area contributed by atoms with Gasteiger partial charge in [0.05, 0.1) is 22.1 Å². The zero-order chi connectivity index (χ0) is 14.0. The summed E-state index contributed by atoms with van der Waals surface area (Å²) in [5.41, 5.74) is 4.57. The molecule has 0 N–H and O–H groups in total. The van der Waals surface area contributed by atoms with Crippen LogP contribution in [-0.2, 0) is 11.3 Å². The maximum absolute atomic E-state index is 12.2. The normalized spacial score (nSPS) is 14.0. The number of para-hydroxylation sites is 2. The predicted octanol–water partition coefficient (Wildman–Crippen LogP) is 3.84. The molecule has 4 heteroatoms. The number of aromatic nitrogens is 2. The molecule has 21 heavy (non-hydrogen) atoms. The van der Waals surface area contributed by atoms with Gasteiger partial charge < -0.3 is 4.74 Å². The molecule has 1 aliphatic rings. The molecule has 5 rings (SSSR count). The van der Waals surface area contributed by atoms with Gasteiger partial charge in [-0.05, 0) is 12.1 Å². The van der Waals surface area contributed by atoms with Crippen molar-refractivity contribution < 1.29 is 9.53 Å². The Morgan fingerprint density at radius 1 is 1.00 bits per heavy atom. The van der Waals surface area contributed by atoms with Crippen LogP contribution in [0.3, 0.4) is 0 Å². The van der Waals surface area contributed by atoms with Gasteiger partial charge in [0.15, 0.2) is 0 Å². The molecule has 0 radical (unpaired) electrons. The number of carbonyl (C=O) groups is 1. The number of rotatable bonds is 0. The summed E-state index contributed by atoms with van der Waals surface area (Å²) in [6, 6.07) is 15.8. The van der Waals surface area contributed by atoms with E-state index in [1.165, 1.54) is 0 Å². The van der Waals surface area contributed by atoms with Gasteiger partial charge in [-0.1, -0.05) is 36.4 Å². The van der Waals surface area contributed by atoms with E-state index in [2.05, 4.69) is 0 Å². The van der Waals surface area contributed by atoms with Crippen molar-refractivity contribution in [1.82, 2.24) is 9.55 Å². The molecule has 0 atom stereocenters. The molecular formula is C17H10N2O2. The summed E-state index contributed by atoms with van der Waals surface area (Å²) >= 11 is 0. The molecule has 4 aromatic rings. The number of ether oxygens (including phenoxy) is 1. The molecule has 1 aliphatic heterocycles. The van der Waals surface area contributed by atoms with Crippen molar-refractivity contribution in [3.8, 4) is 0 Å². The van der Waals surface area contributed by atoms with E-state index in [-0.39, 0.29) is 6.09 Å². The Kier molecular flexibility index (Phi) is 1.86. The molecular weight excluding hydrogens is 264 g/mol. The molecule has 2 aromatic carbocycles. The van der Waals surface area contributed by atoms with Gasteiger partial charge in [0, 0.05) is 16.3 Å². The van der Waals surface area contributed by atoms with Gasteiger partial charge in [-0.3, -0.25) is 0 Å². The third-order valence-corrected chi connectivity index (χ3v) is 4.12. The fourth-order valence-corrected chi connectivity index (χ4v) is 3.22. The van der Waals surface area contributed by atoms with E-state index in [1.54, 1.807) is 4.57 Å². The molecule has 0 saturated carbocycles. The first-order valence-electron chi connectivity index (χ1n) is 6.82. The van der Waals surface area contributed by atoms with Crippen LogP contribution in [0.5, 0.6) is 0 Å². The van der Waals surface area contributed by atoms with Gasteiger partial charge in [0.25, 0.3) is 0 Å². The third kappa shape index (κ3) is 1.24. The first-order chi connectivity index (χ1) is 10.3. The molecule has 0 unspecified atom stereocenters. The van der Waals surface area contributed by atoms with Crippen LogP contribution >= 0.6 is 0 Å². The molecule has 100 valence electrons. The molecule has 4 nitrogen and oxygen atoms in total. The number of hydrogen-bond acceptors (Lipinski definition) is 3. The average Bonchev–Trinajstić information content (AvgIpc) is 2.86. The number of carbonyl (C=O) groups excluding carboxylic acids is 1. The van der Waals surface area contributed by atoms with Crippen LogP contribution in [-0.4, -0.2) is 15.6 Å². The highest BCUT2D eigenvalue weighted by Gasteiger charge is 2.26. The molecule has 0 aliphatic carbocycles. The van der Waals surface area contributed by atoms with Gasteiger partial charge in [0.2, 0.25) is 0 Å². The van der Waals surface area contributed by atoms with Gasteiger partial charge >= 0.3 is 6.09 Å². The topological polar surface area (TPSA) is 44.1 Å². The number of nitrogens with zero attached hydrogens (tertiary/aromatic N) is 2. The fourth-order valence-electron chi connectivity index (χ4n) is 3.22. The van der Waals surface area contributed by atoms with Crippen LogP contribution in [0.1, 0.15) is 5.56 Å². The Labute approximate surface area is 119 Å². The summed E-state index contributed by atoms with van der Waals surface area (Å²) < 4.78 is 7.01. The van der Waals surface area contributed by atoms with Crippen molar-refractivity contribution >= 4 is 38.9 Å². The van der Waals surface area contributed by atoms with Crippen LogP contribution in [0.4, 0.5) is 4.79 Å². The summed E-state index contributed by atoms with van der Waals surface area (Å²) in [5, 5.41) is 2.03. The molecule has 0 saturated heterocycles. The minimum absolute atomic E-state index is 0.300. The van der Waals surface area contributed by atoms with E-state index < -0.39 is 0 Å². The lowest BCUT2D eigenvalue weighted by atomic mass is 10.1. The highest BCUT2D eigenvalue weighted by molar-refractivity contribution is 6.15. The number of hydrogen-bond donors (Lipinski definition) is 0. The van der Waals surface area contributed by atoms with Crippen LogP contribution in [0.2, 0.25) is 0 Å². The lowest BCUT2D eigenvalue weighted by Gasteiger charge is -2.17.